The fraction of sp³-hybridized carbons (Fsp3) is 0.818. The average Bonchev–Trinajstić information content (AvgIpc) is 2.26. The molecule has 0 heterocycles. The highest BCUT2D eigenvalue weighted by Crippen LogP contribution is 2.10. The van der Waals surface area contributed by atoms with Crippen LogP contribution in [0.25, 0.3) is 0 Å². The van der Waals surface area contributed by atoms with Crippen molar-refractivity contribution >= 4 is 11.9 Å². The van der Waals surface area contributed by atoms with Gasteiger partial charge in [0.05, 0.1) is 18.6 Å². The van der Waals surface area contributed by atoms with Crippen LogP contribution in [0.4, 0.5) is 0 Å². The number of nitrogens with zero attached hydrogens (tertiary/aromatic N) is 1. The highest BCUT2D eigenvalue weighted by molar-refractivity contribution is 5.85. The molecule has 0 aliphatic heterocycles. The summed E-state index contributed by atoms with van der Waals surface area (Å²) in [7, 11) is 2.97. The topological polar surface area (TPSA) is 72.6 Å². The molecule has 1 amide bonds. The molecule has 0 aromatic rings. The van der Waals surface area contributed by atoms with Crippen molar-refractivity contribution in [3.63, 3.8) is 0 Å². The molecule has 94 valence electrons. The van der Waals surface area contributed by atoms with E-state index >= 15 is 0 Å². The molecule has 0 saturated heterocycles. The SMILES string of the molecule is CCC(C)(N)C(=O)N(C)CC(C)C(=O)OC. The lowest BCUT2D eigenvalue weighted by molar-refractivity contribution is -0.146. The van der Waals surface area contributed by atoms with Crippen LogP contribution in [-0.4, -0.2) is 43.0 Å². The Labute approximate surface area is 96.9 Å². The fourth-order valence-electron chi connectivity index (χ4n) is 1.36. The first-order valence-corrected chi connectivity index (χ1v) is 5.38. The molecular formula is C11H22N2O3. The second-order valence-electron chi connectivity index (χ2n) is 4.38. The molecule has 0 bridgehead atoms. The van der Waals surface area contributed by atoms with Gasteiger partial charge in [-0.25, -0.2) is 0 Å². The van der Waals surface area contributed by atoms with Crippen LogP contribution in [-0.2, 0) is 14.3 Å². The second-order valence-corrected chi connectivity index (χ2v) is 4.38. The molecule has 5 nitrogen and oxygen atoms in total. The van der Waals surface area contributed by atoms with Crippen LogP contribution in [0.3, 0.4) is 0 Å². The number of esters is 1. The molecular weight excluding hydrogens is 208 g/mol. The van der Waals surface area contributed by atoms with Crippen LogP contribution in [0.2, 0.25) is 0 Å². The summed E-state index contributed by atoms with van der Waals surface area (Å²) in [6.07, 6.45) is 0.558. The molecule has 0 aromatic heterocycles. The maximum Gasteiger partial charge on any atom is 0.310 e. The molecule has 16 heavy (non-hydrogen) atoms. The van der Waals surface area contributed by atoms with Crippen molar-refractivity contribution in [2.45, 2.75) is 32.7 Å². The summed E-state index contributed by atoms with van der Waals surface area (Å²) >= 11 is 0. The van der Waals surface area contributed by atoms with Crippen molar-refractivity contribution < 1.29 is 14.3 Å². The van der Waals surface area contributed by atoms with E-state index < -0.39 is 5.54 Å². The molecule has 0 radical (unpaired) electrons. The van der Waals surface area contributed by atoms with Crippen molar-refractivity contribution in [3.05, 3.63) is 0 Å². The highest BCUT2D eigenvalue weighted by atomic mass is 16.5. The number of rotatable bonds is 5. The Morgan fingerprint density at radius 3 is 2.38 bits per heavy atom. The number of carbonyl (C=O) groups excluding carboxylic acids is 2. The van der Waals surface area contributed by atoms with E-state index in [4.69, 9.17) is 5.73 Å². The number of amides is 1. The maximum absolute atomic E-state index is 11.9. The Bertz CT molecular complexity index is 264. The van der Waals surface area contributed by atoms with E-state index in [0.29, 0.717) is 13.0 Å². The van der Waals surface area contributed by atoms with Crippen molar-refractivity contribution in [3.8, 4) is 0 Å². The minimum absolute atomic E-state index is 0.161. The third-order valence-electron chi connectivity index (χ3n) is 2.72. The smallest absolute Gasteiger partial charge is 0.310 e. The van der Waals surface area contributed by atoms with Crippen LogP contribution in [0.15, 0.2) is 0 Å². The van der Waals surface area contributed by atoms with Crippen LogP contribution in [0.5, 0.6) is 0 Å². The van der Waals surface area contributed by atoms with Gasteiger partial charge < -0.3 is 15.4 Å². The summed E-state index contributed by atoms with van der Waals surface area (Å²) < 4.78 is 4.60. The van der Waals surface area contributed by atoms with Gasteiger partial charge in [-0.3, -0.25) is 9.59 Å². The first kappa shape index (κ1) is 14.9. The molecule has 5 heteroatoms. The van der Waals surface area contributed by atoms with Crippen molar-refractivity contribution in [2.75, 3.05) is 20.7 Å². The van der Waals surface area contributed by atoms with Gasteiger partial charge in [-0.2, -0.15) is 0 Å². The summed E-state index contributed by atoms with van der Waals surface area (Å²) in [4.78, 5) is 24.6. The monoisotopic (exact) mass is 230 g/mol. The van der Waals surface area contributed by atoms with Gasteiger partial charge in [-0.05, 0) is 13.3 Å². The molecule has 0 saturated carbocycles. The van der Waals surface area contributed by atoms with Gasteiger partial charge in [0, 0.05) is 13.6 Å². The zero-order valence-electron chi connectivity index (χ0n) is 10.7. The Kier molecular flexibility index (Phi) is 5.44. The fourth-order valence-corrected chi connectivity index (χ4v) is 1.36. The Morgan fingerprint density at radius 1 is 1.50 bits per heavy atom. The number of hydrogen-bond donors (Lipinski definition) is 1. The average molecular weight is 230 g/mol. The van der Waals surface area contributed by atoms with Gasteiger partial charge in [0.25, 0.3) is 0 Å². The summed E-state index contributed by atoms with van der Waals surface area (Å²) in [6, 6.07) is 0. The number of likely N-dealkylation sites (N-methyl/N-ethyl adjacent to an activating group) is 1. The zero-order chi connectivity index (χ0) is 12.9. The normalized spacial score (nSPS) is 16.1. The van der Waals surface area contributed by atoms with Gasteiger partial charge in [0.15, 0.2) is 0 Å². The van der Waals surface area contributed by atoms with Gasteiger partial charge in [-0.1, -0.05) is 13.8 Å². The van der Waals surface area contributed by atoms with Gasteiger partial charge >= 0.3 is 5.97 Å². The first-order valence-electron chi connectivity index (χ1n) is 5.38. The Morgan fingerprint density at radius 2 is 2.00 bits per heavy atom. The molecule has 2 N–H and O–H groups in total. The van der Waals surface area contributed by atoms with Crippen molar-refractivity contribution in [1.82, 2.24) is 4.90 Å². The quantitative estimate of drug-likeness (QED) is 0.693. The largest absolute Gasteiger partial charge is 0.469 e. The highest BCUT2D eigenvalue weighted by Gasteiger charge is 2.30. The van der Waals surface area contributed by atoms with Crippen molar-refractivity contribution in [1.29, 1.82) is 0 Å². The van der Waals surface area contributed by atoms with E-state index in [-0.39, 0.29) is 17.8 Å². The first-order chi connectivity index (χ1) is 7.26. The third kappa shape index (κ3) is 3.81. The van der Waals surface area contributed by atoms with E-state index in [1.165, 1.54) is 12.0 Å². The summed E-state index contributed by atoms with van der Waals surface area (Å²) in [5.74, 6) is -0.827. The third-order valence-corrected chi connectivity index (χ3v) is 2.72. The van der Waals surface area contributed by atoms with Gasteiger partial charge in [0.2, 0.25) is 5.91 Å². The lowest BCUT2D eigenvalue weighted by Crippen LogP contribution is -2.52. The van der Waals surface area contributed by atoms with E-state index in [1.807, 2.05) is 6.92 Å². The predicted octanol–water partition coefficient (Wildman–Crippen LogP) is 0.381. The van der Waals surface area contributed by atoms with Crippen LogP contribution in [0.1, 0.15) is 27.2 Å². The number of nitrogens with two attached hydrogens (primary N) is 1. The molecule has 0 aliphatic rings. The molecule has 0 aliphatic carbocycles. The number of methoxy groups -OCH3 is 1. The maximum atomic E-state index is 11.9. The predicted molar refractivity (Wildman–Crippen MR) is 61.7 cm³/mol. The molecule has 0 fully saturated rings. The van der Waals surface area contributed by atoms with E-state index in [0.717, 1.165) is 0 Å². The number of ether oxygens (including phenoxy) is 1. The van der Waals surface area contributed by atoms with Crippen molar-refractivity contribution in [2.24, 2.45) is 11.7 Å². The van der Waals surface area contributed by atoms with Gasteiger partial charge in [-0.15, -0.1) is 0 Å². The standard InChI is InChI=1S/C11H22N2O3/c1-6-11(3,12)10(15)13(4)7-8(2)9(14)16-5/h8H,6-7,12H2,1-5H3. The Hall–Kier alpha value is -1.10. The van der Waals surface area contributed by atoms with E-state index in [2.05, 4.69) is 4.74 Å². The molecule has 0 spiro atoms. The molecule has 0 aromatic carbocycles. The van der Waals surface area contributed by atoms with Crippen LogP contribution in [0, 0.1) is 5.92 Å². The Balaban J connectivity index is 4.42. The van der Waals surface area contributed by atoms with E-state index in [9.17, 15) is 9.59 Å². The van der Waals surface area contributed by atoms with Crippen LogP contribution < -0.4 is 5.73 Å². The van der Waals surface area contributed by atoms with E-state index in [1.54, 1.807) is 20.9 Å². The minimum Gasteiger partial charge on any atom is -0.469 e. The summed E-state index contributed by atoms with van der Waals surface area (Å²) in [5, 5.41) is 0. The summed E-state index contributed by atoms with van der Waals surface area (Å²) in [5.41, 5.74) is 4.97. The van der Waals surface area contributed by atoms with Crippen LogP contribution >= 0.6 is 0 Å². The summed E-state index contributed by atoms with van der Waals surface area (Å²) in [6.45, 7) is 5.58. The second kappa shape index (κ2) is 5.84. The minimum atomic E-state index is -0.870. The molecule has 0 rings (SSSR count). The number of hydrogen-bond acceptors (Lipinski definition) is 4. The lowest BCUT2D eigenvalue weighted by Gasteiger charge is -2.29. The van der Waals surface area contributed by atoms with Gasteiger partial charge in [0.1, 0.15) is 0 Å². The zero-order valence-corrected chi connectivity index (χ0v) is 10.7. The lowest BCUT2D eigenvalue weighted by atomic mass is 9.98. The molecule has 2 unspecified atom stereocenters. The number of carbonyl (C=O) groups is 2. The molecule has 2 atom stereocenters.